The van der Waals surface area contributed by atoms with E-state index in [1.165, 1.54) is 45.4 Å². The molecule has 12 heteroatoms. The first-order valence-electron chi connectivity index (χ1n) is 11.1. The summed E-state index contributed by atoms with van der Waals surface area (Å²) in [6.45, 7) is 3.50. The number of nitro groups is 1. The van der Waals surface area contributed by atoms with Crippen molar-refractivity contribution in [2.45, 2.75) is 19.9 Å². The van der Waals surface area contributed by atoms with Gasteiger partial charge in [0.25, 0.3) is 11.2 Å². The lowest BCUT2D eigenvalue weighted by Crippen LogP contribution is -2.39. The number of allylic oxidation sites excluding steroid dienone is 1. The molecule has 37 heavy (non-hydrogen) atoms. The molecule has 0 saturated carbocycles. The highest BCUT2D eigenvalue weighted by molar-refractivity contribution is 7.11. The van der Waals surface area contributed by atoms with Crippen LogP contribution in [0.1, 0.15) is 30.5 Å². The van der Waals surface area contributed by atoms with Crippen LogP contribution in [0.3, 0.4) is 0 Å². The van der Waals surface area contributed by atoms with Crippen molar-refractivity contribution in [2.24, 2.45) is 4.99 Å². The molecule has 4 aromatic rings. The van der Waals surface area contributed by atoms with Gasteiger partial charge in [-0.05, 0) is 49.6 Å². The molecule has 1 aromatic carbocycles. The van der Waals surface area contributed by atoms with Crippen LogP contribution in [0.4, 0.5) is 5.69 Å². The average molecular weight is 556 g/mol. The number of furan rings is 1. The van der Waals surface area contributed by atoms with Crippen molar-refractivity contribution in [3.05, 3.63) is 105 Å². The molecule has 5 rings (SSSR count). The fourth-order valence-electron chi connectivity index (χ4n) is 4.02. The molecular formula is C25H18ClN3O6S2. The Bertz CT molecular complexity index is 1750. The number of esters is 1. The Kier molecular flexibility index (Phi) is 6.67. The van der Waals surface area contributed by atoms with Crippen LogP contribution >= 0.6 is 34.3 Å². The molecule has 188 valence electrons. The number of rotatable bonds is 6. The number of hydrogen-bond acceptors (Lipinski definition) is 9. The number of hydrogen-bond donors (Lipinski definition) is 0. The van der Waals surface area contributed by atoms with Crippen LogP contribution < -0.4 is 14.9 Å². The molecule has 0 aliphatic carbocycles. The molecule has 0 radical (unpaired) electrons. The fraction of sp³-hybridized carbons (Fsp3) is 0.160. The molecule has 0 fully saturated rings. The van der Waals surface area contributed by atoms with Crippen molar-refractivity contribution in [3.63, 3.8) is 0 Å². The van der Waals surface area contributed by atoms with Crippen LogP contribution in [0.15, 0.2) is 73.3 Å². The van der Waals surface area contributed by atoms with Crippen molar-refractivity contribution in [3.8, 4) is 11.3 Å². The monoisotopic (exact) mass is 555 g/mol. The second-order valence-electron chi connectivity index (χ2n) is 7.94. The predicted octanol–water partition coefficient (Wildman–Crippen LogP) is 4.68. The van der Waals surface area contributed by atoms with E-state index in [2.05, 4.69) is 4.99 Å². The molecule has 3 aromatic heterocycles. The third-order valence-corrected chi connectivity index (χ3v) is 7.79. The van der Waals surface area contributed by atoms with Gasteiger partial charge in [0.2, 0.25) is 0 Å². The van der Waals surface area contributed by atoms with Crippen molar-refractivity contribution in [2.75, 3.05) is 6.61 Å². The average Bonchev–Trinajstić information content (AvgIpc) is 3.60. The molecule has 9 nitrogen and oxygen atoms in total. The van der Waals surface area contributed by atoms with E-state index >= 15 is 0 Å². The summed E-state index contributed by atoms with van der Waals surface area (Å²) in [5.74, 6) is -0.103. The Hall–Kier alpha value is -3.80. The lowest BCUT2D eigenvalue weighted by Gasteiger charge is -2.22. The summed E-state index contributed by atoms with van der Waals surface area (Å²) in [6, 6.07) is 10.1. The smallest absolute Gasteiger partial charge is 0.338 e. The fourth-order valence-corrected chi connectivity index (χ4v) is 6.00. The highest BCUT2D eigenvalue weighted by Gasteiger charge is 2.35. The van der Waals surface area contributed by atoms with Gasteiger partial charge < -0.3 is 9.15 Å². The standard InChI is InChI=1S/C25H18ClN3O6S2/c1-3-34-24(31)21-13(2)27-25-28(23(30)20(37-25)12-15-5-4-10-36-15)22(21)19-9-8-18(35-19)16-11-14(29(32)33)6-7-17(16)26/h4-12,22H,3H2,1-2H3/b20-12-/t22-/m1/s1. The van der Waals surface area contributed by atoms with E-state index in [4.69, 9.17) is 20.8 Å². The summed E-state index contributed by atoms with van der Waals surface area (Å²) >= 11 is 9.02. The molecule has 0 unspecified atom stereocenters. The Labute approximate surface area is 222 Å². The number of carbonyl (C=O) groups excluding carboxylic acids is 1. The summed E-state index contributed by atoms with van der Waals surface area (Å²) in [5, 5.41) is 13.4. The molecular weight excluding hydrogens is 538 g/mol. The second kappa shape index (κ2) is 9.92. The number of benzene rings is 1. The van der Waals surface area contributed by atoms with Crippen molar-refractivity contribution in [1.82, 2.24) is 4.57 Å². The van der Waals surface area contributed by atoms with Crippen LogP contribution in [-0.4, -0.2) is 22.1 Å². The zero-order valence-corrected chi connectivity index (χ0v) is 21.9. The van der Waals surface area contributed by atoms with Gasteiger partial charge in [0, 0.05) is 22.6 Å². The number of nitro benzene ring substituents is 1. The third-order valence-electron chi connectivity index (χ3n) is 5.66. The number of aromatic nitrogens is 1. The number of thiazole rings is 1. The minimum atomic E-state index is -0.952. The summed E-state index contributed by atoms with van der Waals surface area (Å²) in [7, 11) is 0. The van der Waals surface area contributed by atoms with Crippen LogP contribution in [-0.2, 0) is 9.53 Å². The number of thiophene rings is 1. The van der Waals surface area contributed by atoms with E-state index in [9.17, 15) is 19.7 Å². The quantitative estimate of drug-likeness (QED) is 0.194. The molecule has 0 spiro atoms. The van der Waals surface area contributed by atoms with Crippen molar-refractivity contribution in [1.29, 1.82) is 0 Å². The van der Waals surface area contributed by atoms with Gasteiger partial charge in [-0.1, -0.05) is 29.0 Å². The zero-order chi connectivity index (χ0) is 26.3. The van der Waals surface area contributed by atoms with Crippen LogP contribution in [0.2, 0.25) is 5.02 Å². The molecule has 0 saturated heterocycles. The van der Waals surface area contributed by atoms with Crippen LogP contribution in [0, 0.1) is 10.1 Å². The van der Waals surface area contributed by atoms with E-state index in [1.54, 1.807) is 32.1 Å². The first-order valence-corrected chi connectivity index (χ1v) is 13.1. The van der Waals surface area contributed by atoms with Crippen molar-refractivity contribution < 1.29 is 18.9 Å². The minimum absolute atomic E-state index is 0.137. The largest absolute Gasteiger partial charge is 0.463 e. The highest BCUT2D eigenvalue weighted by atomic mass is 35.5. The van der Waals surface area contributed by atoms with Gasteiger partial charge in [-0.15, -0.1) is 11.3 Å². The molecule has 1 aliphatic rings. The number of fused-ring (bicyclic) bond motifs is 1. The summed E-state index contributed by atoms with van der Waals surface area (Å²) in [4.78, 5) is 43.2. The number of ether oxygens (including phenoxy) is 1. The first-order chi connectivity index (χ1) is 17.8. The summed E-state index contributed by atoms with van der Waals surface area (Å²) < 4.78 is 13.3. The molecule has 4 heterocycles. The van der Waals surface area contributed by atoms with E-state index < -0.39 is 16.9 Å². The Morgan fingerprint density at radius 3 is 2.84 bits per heavy atom. The van der Waals surface area contributed by atoms with E-state index in [-0.39, 0.29) is 40.0 Å². The predicted molar refractivity (Wildman–Crippen MR) is 141 cm³/mol. The molecule has 0 N–H and O–H groups in total. The van der Waals surface area contributed by atoms with Gasteiger partial charge >= 0.3 is 5.97 Å². The van der Waals surface area contributed by atoms with E-state index in [1.807, 2.05) is 17.5 Å². The number of carbonyl (C=O) groups is 1. The summed E-state index contributed by atoms with van der Waals surface area (Å²) in [6.07, 6.45) is 1.78. The Morgan fingerprint density at radius 2 is 2.14 bits per heavy atom. The Balaban J connectivity index is 1.70. The number of nitrogens with zero attached hydrogens (tertiary/aromatic N) is 3. The van der Waals surface area contributed by atoms with E-state index in [0.29, 0.717) is 20.6 Å². The lowest BCUT2D eigenvalue weighted by molar-refractivity contribution is -0.384. The maximum absolute atomic E-state index is 13.6. The van der Waals surface area contributed by atoms with Gasteiger partial charge in [-0.25, -0.2) is 9.79 Å². The number of non-ortho nitro benzene ring substituents is 1. The topological polar surface area (TPSA) is 117 Å². The minimum Gasteiger partial charge on any atom is -0.463 e. The van der Waals surface area contributed by atoms with Gasteiger partial charge in [0.15, 0.2) is 4.80 Å². The Morgan fingerprint density at radius 1 is 1.32 bits per heavy atom. The van der Waals surface area contributed by atoms with Gasteiger partial charge in [-0.2, -0.15) is 0 Å². The lowest BCUT2D eigenvalue weighted by atomic mass is 10.0. The molecule has 0 amide bonds. The zero-order valence-electron chi connectivity index (χ0n) is 19.5. The number of halogens is 1. The maximum Gasteiger partial charge on any atom is 0.338 e. The molecule has 1 atom stereocenters. The SMILES string of the molecule is CCOC(=O)C1=C(C)N=c2s/c(=C\c3cccs3)c(=O)n2[C@@H]1c1ccc(-c2cc([N+](=O)[O-])ccc2Cl)o1. The highest BCUT2D eigenvalue weighted by Crippen LogP contribution is 2.37. The van der Waals surface area contributed by atoms with Gasteiger partial charge in [0.1, 0.15) is 17.6 Å². The third kappa shape index (κ3) is 4.57. The molecule has 0 bridgehead atoms. The normalized spacial score (nSPS) is 15.4. The molecule has 1 aliphatic heterocycles. The van der Waals surface area contributed by atoms with Crippen molar-refractivity contribution >= 4 is 52.0 Å². The van der Waals surface area contributed by atoms with Crippen LogP contribution in [0.25, 0.3) is 17.4 Å². The maximum atomic E-state index is 13.6. The van der Waals surface area contributed by atoms with Gasteiger partial charge in [-0.3, -0.25) is 19.5 Å². The first kappa shape index (κ1) is 24.9. The van der Waals surface area contributed by atoms with Gasteiger partial charge in [0.05, 0.1) is 32.4 Å². The summed E-state index contributed by atoms with van der Waals surface area (Å²) in [5.41, 5.74) is 0.400. The second-order valence-corrected chi connectivity index (χ2v) is 10.3. The van der Waals surface area contributed by atoms with Crippen LogP contribution in [0.5, 0.6) is 0 Å². The van der Waals surface area contributed by atoms with E-state index in [0.717, 1.165) is 4.88 Å².